The molecule has 2 aliphatic heterocycles. The summed E-state index contributed by atoms with van der Waals surface area (Å²) in [4.78, 5) is 0. The molecule has 0 radical (unpaired) electrons. The minimum Gasteiger partial charge on any atom is -0.394 e. The van der Waals surface area contributed by atoms with E-state index in [2.05, 4.69) is 0 Å². The molecule has 0 amide bonds. The van der Waals surface area contributed by atoms with Crippen LogP contribution < -0.4 is 9.05 Å². The zero-order valence-electron chi connectivity index (χ0n) is 11.1. The number of hydrogen-bond donors (Lipinski definition) is 0. The maximum Gasteiger partial charge on any atom is 0.587 e. The van der Waals surface area contributed by atoms with Gasteiger partial charge in [0, 0.05) is 11.1 Å². The van der Waals surface area contributed by atoms with Gasteiger partial charge in [0.05, 0.1) is 13.2 Å². The fourth-order valence-electron chi connectivity index (χ4n) is 2.19. The predicted molar refractivity (Wildman–Crippen MR) is 76.4 cm³/mol. The van der Waals surface area contributed by atoms with E-state index in [4.69, 9.17) is 18.3 Å². The first-order valence-electron chi connectivity index (χ1n) is 6.67. The molecule has 21 heavy (non-hydrogen) atoms. The number of benzene rings is 2. The zero-order chi connectivity index (χ0) is 14.3. The molecular weight excluding hydrogens is 291 g/mol. The van der Waals surface area contributed by atoms with Gasteiger partial charge in [-0.25, -0.2) is 4.57 Å². The number of para-hydroxylation sites is 2. The number of rotatable bonds is 3. The Hall–Kier alpha value is -1.81. The van der Waals surface area contributed by atoms with Crippen molar-refractivity contribution in [3.8, 4) is 22.6 Å². The van der Waals surface area contributed by atoms with Gasteiger partial charge in [-0.1, -0.05) is 36.4 Å². The van der Waals surface area contributed by atoms with Crippen molar-refractivity contribution < 1.29 is 22.9 Å². The molecule has 1 fully saturated rings. The highest BCUT2D eigenvalue weighted by molar-refractivity contribution is 7.49. The smallest absolute Gasteiger partial charge is 0.394 e. The number of fused-ring (bicyclic) bond motifs is 3. The Morgan fingerprint density at radius 1 is 1.00 bits per heavy atom. The number of ether oxygens (including phenoxy) is 1. The van der Waals surface area contributed by atoms with Gasteiger partial charge in [0.15, 0.2) is 0 Å². The van der Waals surface area contributed by atoms with E-state index >= 15 is 0 Å². The van der Waals surface area contributed by atoms with Crippen molar-refractivity contribution in [2.24, 2.45) is 0 Å². The maximum atomic E-state index is 12.8. The van der Waals surface area contributed by atoms with E-state index in [1.54, 1.807) is 12.1 Å². The van der Waals surface area contributed by atoms with Gasteiger partial charge in [-0.2, -0.15) is 0 Å². The molecule has 6 heteroatoms. The summed E-state index contributed by atoms with van der Waals surface area (Å²) in [6, 6.07) is 14.7. The van der Waals surface area contributed by atoms with Crippen LogP contribution in [0.25, 0.3) is 11.1 Å². The Morgan fingerprint density at radius 2 is 1.52 bits per heavy atom. The molecule has 5 nitrogen and oxygen atoms in total. The molecule has 2 heterocycles. The lowest BCUT2D eigenvalue weighted by molar-refractivity contribution is 0.192. The van der Waals surface area contributed by atoms with Crippen LogP contribution in [0.3, 0.4) is 0 Å². The molecule has 1 saturated heterocycles. The van der Waals surface area contributed by atoms with E-state index in [-0.39, 0.29) is 12.7 Å². The topological polar surface area (TPSA) is 57.3 Å². The van der Waals surface area contributed by atoms with Crippen LogP contribution >= 0.6 is 7.82 Å². The summed E-state index contributed by atoms with van der Waals surface area (Å²) in [5.41, 5.74) is 1.66. The number of hydrogen-bond acceptors (Lipinski definition) is 5. The highest BCUT2D eigenvalue weighted by Crippen LogP contribution is 2.56. The van der Waals surface area contributed by atoms with Crippen LogP contribution in [-0.2, 0) is 13.8 Å². The van der Waals surface area contributed by atoms with Gasteiger partial charge >= 0.3 is 7.82 Å². The van der Waals surface area contributed by atoms with Gasteiger partial charge in [-0.3, -0.25) is 4.52 Å². The van der Waals surface area contributed by atoms with Gasteiger partial charge in [0.1, 0.15) is 17.6 Å². The number of phosphoric ester groups is 1. The van der Waals surface area contributed by atoms with Crippen LogP contribution in [0.1, 0.15) is 0 Å². The molecular formula is C15H13O5P. The van der Waals surface area contributed by atoms with Crippen molar-refractivity contribution in [1.29, 1.82) is 0 Å². The molecule has 0 aromatic heterocycles. The Bertz CT molecular complexity index is 674. The molecule has 2 aromatic carbocycles. The van der Waals surface area contributed by atoms with E-state index in [1.807, 2.05) is 36.4 Å². The highest BCUT2D eigenvalue weighted by atomic mass is 31.2. The second-order valence-corrected chi connectivity index (χ2v) is 6.39. The van der Waals surface area contributed by atoms with Crippen LogP contribution in [0.4, 0.5) is 0 Å². The van der Waals surface area contributed by atoms with Crippen molar-refractivity contribution in [2.75, 3.05) is 13.2 Å². The van der Waals surface area contributed by atoms with E-state index in [9.17, 15) is 4.57 Å². The third kappa shape index (κ3) is 2.56. The van der Waals surface area contributed by atoms with Gasteiger partial charge in [-0.05, 0) is 12.1 Å². The van der Waals surface area contributed by atoms with Crippen molar-refractivity contribution in [1.82, 2.24) is 0 Å². The van der Waals surface area contributed by atoms with Crippen molar-refractivity contribution in [3.05, 3.63) is 48.5 Å². The molecule has 0 spiro atoms. The molecule has 1 atom stereocenters. The van der Waals surface area contributed by atoms with E-state index < -0.39 is 7.82 Å². The minimum absolute atomic E-state index is 0.0169. The lowest BCUT2D eigenvalue weighted by Gasteiger charge is -2.16. The summed E-state index contributed by atoms with van der Waals surface area (Å²) in [5.74, 6) is 0.977. The fraction of sp³-hybridized carbons (Fsp3) is 0.200. The molecule has 4 rings (SSSR count). The fourth-order valence-corrected chi connectivity index (χ4v) is 3.48. The first-order chi connectivity index (χ1) is 10.2. The zero-order valence-corrected chi connectivity index (χ0v) is 12.0. The SMILES string of the molecule is O=P1(OCC2CO2)Oc2ccccc2-c2ccccc2O1. The average molecular weight is 304 g/mol. The summed E-state index contributed by atoms with van der Waals surface area (Å²) >= 11 is 0. The molecule has 2 aliphatic rings. The third-order valence-corrected chi connectivity index (χ3v) is 4.61. The number of epoxide rings is 1. The lowest BCUT2D eigenvalue weighted by atomic mass is 10.0. The molecule has 1 unspecified atom stereocenters. The second-order valence-electron chi connectivity index (χ2n) is 4.87. The second kappa shape index (κ2) is 4.88. The molecule has 0 N–H and O–H groups in total. The molecule has 2 aromatic rings. The van der Waals surface area contributed by atoms with Crippen molar-refractivity contribution >= 4 is 7.82 Å². The summed E-state index contributed by atoms with van der Waals surface area (Å²) in [6.45, 7) is 0.814. The lowest BCUT2D eigenvalue weighted by Crippen LogP contribution is -2.07. The standard InChI is InChI=1S/C15H13O5P/c16-21(18-10-11-9-17-11)19-14-7-3-1-5-12(14)13-6-2-4-8-15(13)20-21/h1-8,11H,9-10H2. The maximum absolute atomic E-state index is 12.8. The first kappa shape index (κ1) is 12.9. The molecule has 0 saturated carbocycles. The van der Waals surface area contributed by atoms with Gasteiger partial charge < -0.3 is 13.8 Å². The minimum atomic E-state index is -3.72. The Kier molecular flexibility index (Phi) is 3.00. The van der Waals surface area contributed by atoms with Gasteiger partial charge in [0.25, 0.3) is 0 Å². The molecule has 0 bridgehead atoms. The van der Waals surface area contributed by atoms with Gasteiger partial charge in [-0.15, -0.1) is 0 Å². The van der Waals surface area contributed by atoms with E-state index in [1.165, 1.54) is 0 Å². The third-order valence-electron chi connectivity index (χ3n) is 3.31. The number of phosphoric acid groups is 1. The Labute approximate surface area is 122 Å². The summed E-state index contributed by atoms with van der Waals surface area (Å²) in [7, 11) is -3.72. The molecule has 108 valence electrons. The average Bonchev–Trinajstić information content (AvgIpc) is 3.31. The summed E-state index contributed by atoms with van der Waals surface area (Å²) in [6.07, 6.45) is -0.0169. The Morgan fingerprint density at radius 3 is 2.05 bits per heavy atom. The van der Waals surface area contributed by atoms with Crippen LogP contribution in [0, 0.1) is 0 Å². The largest absolute Gasteiger partial charge is 0.587 e. The van der Waals surface area contributed by atoms with Crippen LogP contribution in [-0.4, -0.2) is 19.3 Å². The predicted octanol–water partition coefficient (Wildman–Crippen LogP) is 3.65. The van der Waals surface area contributed by atoms with Crippen LogP contribution in [0.5, 0.6) is 11.5 Å². The Balaban J connectivity index is 1.77. The van der Waals surface area contributed by atoms with E-state index in [0.29, 0.717) is 18.1 Å². The first-order valence-corrected chi connectivity index (χ1v) is 8.13. The van der Waals surface area contributed by atoms with Crippen LogP contribution in [0.15, 0.2) is 48.5 Å². The van der Waals surface area contributed by atoms with Gasteiger partial charge in [0.2, 0.25) is 0 Å². The van der Waals surface area contributed by atoms with E-state index in [0.717, 1.165) is 11.1 Å². The highest BCUT2D eigenvalue weighted by Gasteiger charge is 2.38. The molecule has 0 aliphatic carbocycles. The summed E-state index contributed by atoms with van der Waals surface area (Å²) in [5, 5.41) is 0. The van der Waals surface area contributed by atoms with Crippen molar-refractivity contribution in [3.63, 3.8) is 0 Å². The van der Waals surface area contributed by atoms with Crippen LogP contribution in [0.2, 0.25) is 0 Å². The summed E-state index contributed by atoms with van der Waals surface area (Å²) < 4.78 is 34.3. The monoisotopic (exact) mass is 304 g/mol. The normalized spacial score (nSPS) is 21.2. The quantitative estimate of drug-likeness (QED) is 0.640. The van der Waals surface area contributed by atoms with Crippen molar-refractivity contribution in [2.45, 2.75) is 6.10 Å².